The maximum absolute atomic E-state index is 12.7. The van der Waals surface area contributed by atoms with E-state index < -0.39 is 5.97 Å². The van der Waals surface area contributed by atoms with Crippen molar-refractivity contribution in [2.24, 2.45) is 0 Å². The van der Waals surface area contributed by atoms with Crippen LogP contribution in [0.5, 0.6) is 17.2 Å². The van der Waals surface area contributed by atoms with Gasteiger partial charge in [-0.05, 0) is 24.3 Å². The van der Waals surface area contributed by atoms with Crippen molar-refractivity contribution in [3.8, 4) is 28.6 Å². The number of fused-ring (bicyclic) bond motifs is 1. The molecule has 25 heavy (non-hydrogen) atoms. The molecule has 0 aliphatic heterocycles. The average molecular weight is 340 g/mol. The van der Waals surface area contributed by atoms with Gasteiger partial charge in [0.2, 0.25) is 11.2 Å². The van der Waals surface area contributed by atoms with Gasteiger partial charge in [-0.25, -0.2) is 0 Å². The molecule has 0 saturated carbocycles. The number of para-hydroxylation sites is 2. The van der Waals surface area contributed by atoms with Crippen molar-refractivity contribution in [1.82, 2.24) is 0 Å². The molecule has 6 nitrogen and oxygen atoms in total. The highest BCUT2D eigenvalue weighted by Gasteiger charge is 2.23. The van der Waals surface area contributed by atoms with Crippen molar-refractivity contribution in [2.45, 2.75) is 6.92 Å². The number of hydrogen-bond donors (Lipinski definition) is 0. The molecule has 1 heterocycles. The molecule has 0 N–H and O–H groups in total. The first-order valence-electron chi connectivity index (χ1n) is 7.52. The molecule has 0 spiro atoms. The topological polar surface area (TPSA) is 75.0 Å². The SMILES string of the molecule is COc1cccc(-c2oc3ccccc3c(=O)c2OC)c1OC(C)=O. The fourth-order valence-corrected chi connectivity index (χ4v) is 2.59. The van der Waals surface area contributed by atoms with Gasteiger partial charge in [0.05, 0.1) is 25.2 Å². The van der Waals surface area contributed by atoms with Gasteiger partial charge < -0.3 is 18.6 Å². The van der Waals surface area contributed by atoms with Crippen LogP contribution in [-0.4, -0.2) is 20.2 Å². The van der Waals surface area contributed by atoms with Gasteiger partial charge in [0, 0.05) is 6.92 Å². The molecule has 0 radical (unpaired) electrons. The Morgan fingerprint density at radius 2 is 1.72 bits per heavy atom. The molecule has 3 rings (SSSR count). The van der Waals surface area contributed by atoms with Crippen molar-refractivity contribution in [3.05, 3.63) is 52.7 Å². The second-order valence-corrected chi connectivity index (χ2v) is 5.22. The predicted molar refractivity (Wildman–Crippen MR) is 92.3 cm³/mol. The molecule has 0 aliphatic carbocycles. The van der Waals surface area contributed by atoms with E-state index >= 15 is 0 Å². The summed E-state index contributed by atoms with van der Waals surface area (Å²) in [5, 5.41) is 0.403. The summed E-state index contributed by atoms with van der Waals surface area (Å²) in [5.74, 6) is 0.175. The molecular weight excluding hydrogens is 324 g/mol. The van der Waals surface area contributed by atoms with E-state index in [1.807, 2.05) is 0 Å². The van der Waals surface area contributed by atoms with Crippen LogP contribution in [-0.2, 0) is 4.79 Å². The third kappa shape index (κ3) is 2.94. The van der Waals surface area contributed by atoms with Gasteiger partial charge in [0.15, 0.2) is 17.3 Å². The molecular formula is C19H16O6. The van der Waals surface area contributed by atoms with Crippen LogP contribution < -0.4 is 19.6 Å². The van der Waals surface area contributed by atoms with Crippen LogP contribution in [0.2, 0.25) is 0 Å². The summed E-state index contributed by atoms with van der Waals surface area (Å²) >= 11 is 0. The Morgan fingerprint density at radius 1 is 0.960 bits per heavy atom. The summed E-state index contributed by atoms with van der Waals surface area (Å²) in [6.07, 6.45) is 0. The number of carbonyl (C=O) groups excluding carboxylic acids is 1. The van der Waals surface area contributed by atoms with E-state index in [4.69, 9.17) is 18.6 Å². The summed E-state index contributed by atoms with van der Waals surface area (Å²) in [6.45, 7) is 1.28. The zero-order valence-electron chi connectivity index (χ0n) is 14.0. The maximum atomic E-state index is 12.7. The summed E-state index contributed by atoms with van der Waals surface area (Å²) in [4.78, 5) is 24.2. The van der Waals surface area contributed by atoms with Gasteiger partial charge in [-0.2, -0.15) is 0 Å². The minimum absolute atomic E-state index is 0.0281. The van der Waals surface area contributed by atoms with E-state index in [-0.39, 0.29) is 22.7 Å². The number of benzene rings is 2. The second kappa shape index (κ2) is 6.68. The van der Waals surface area contributed by atoms with Gasteiger partial charge in [-0.3, -0.25) is 9.59 Å². The summed E-state index contributed by atoms with van der Waals surface area (Å²) in [6, 6.07) is 11.9. The molecule has 0 saturated heterocycles. The zero-order chi connectivity index (χ0) is 18.0. The Balaban J connectivity index is 2.37. The second-order valence-electron chi connectivity index (χ2n) is 5.22. The fraction of sp³-hybridized carbons (Fsp3) is 0.158. The maximum Gasteiger partial charge on any atom is 0.308 e. The van der Waals surface area contributed by atoms with Crippen LogP contribution >= 0.6 is 0 Å². The molecule has 2 aromatic carbocycles. The van der Waals surface area contributed by atoms with Crippen LogP contribution in [0.1, 0.15) is 6.92 Å². The summed E-state index contributed by atoms with van der Waals surface area (Å²) in [7, 11) is 2.84. The predicted octanol–water partition coefficient (Wildman–Crippen LogP) is 3.40. The van der Waals surface area contributed by atoms with Crippen molar-refractivity contribution in [2.75, 3.05) is 14.2 Å². The lowest BCUT2D eigenvalue weighted by atomic mass is 10.1. The molecule has 6 heteroatoms. The smallest absolute Gasteiger partial charge is 0.308 e. The van der Waals surface area contributed by atoms with E-state index in [2.05, 4.69) is 0 Å². The Labute approximate surface area is 143 Å². The number of carbonyl (C=O) groups is 1. The minimum atomic E-state index is -0.521. The zero-order valence-corrected chi connectivity index (χ0v) is 14.0. The monoisotopic (exact) mass is 340 g/mol. The lowest BCUT2D eigenvalue weighted by Crippen LogP contribution is -2.09. The van der Waals surface area contributed by atoms with Crippen LogP contribution in [0.25, 0.3) is 22.3 Å². The van der Waals surface area contributed by atoms with E-state index in [1.165, 1.54) is 21.1 Å². The molecule has 0 atom stereocenters. The van der Waals surface area contributed by atoms with Gasteiger partial charge >= 0.3 is 5.97 Å². The number of rotatable bonds is 4. The van der Waals surface area contributed by atoms with Crippen molar-refractivity contribution < 1.29 is 23.4 Å². The Morgan fingerprint density at radius 3 is 2.40 bits per heavy atom. The minimum Gasteiger partial charge on any atom is -0.493 e. The molecule has 128 valence electrons. The van der Waals surface area contributed by atoms with Crippen molar-refractivity contribution in [3.63, 3.8) is 0 Å². The number of ether oxygens (including phenoxy) is 3. The van der Waals surface area contributed by atoms with E-state index in [9.17, 15) is 9.59 Å². The molecule has 0 amide bonds. The van der Waals surface area contributed by atoms with E-state index in [0.717, 1.165) is 0 Å². The summed E-state index contributed by atoms with van der Waals surface area (Å²) < 4.78 is 21.7. The molecule has 0 unspecified atom stereocenters. The molecule has 1 aromatic heterocycles. The summed E-state index contributed by atoms with van der Waals surface area (Å²) in [5.41, 5.74) is 0.477. The number of esters is 1. The Bertz CT molecular complexity index is 1000. The van der Waals surface area contributed by atoms with Crippen molar-refractivity contribution in [1.29, 1.82) is 0 Å². The van der Waals surface area contributed by atoms with Gasteiger partial charge in [0.1, 0.15) is 5.58 Å². The first kappa shape index (κ1) is 16.6. The third-order valence-corrected chi connectivity index (χ3v) is 3.65. The lowest BCUT2D eigenvalue weighted by molar-refractivity contribution is -0.131. The highest BCUT2D eigenvalue weighted by Crippen LogP contribution is 2.41. The lowest BCUT2D eigenvalue weighted by Gasteiger charge is -2.14. The standard InChI is InChI=1S/C19H16O6/c1-11(20)24-17-13(8-6-10-15(17)22-2)18-19(23-3)16(21)12-7-4-5-9-14(12)25-18/h4-10H,1-3H3. The highest BCUT2D eigenvalue weighted by molar-refractivity contribution is 5.85. The quantitative estimate of drug-likeness (QED) is 0.535. The molecule has 0 aliphatic rings. The normalized spacial score (nSPS) is 10.5. The Kier molecular flexibility index (Phi) is 4.43. The highest BCUT2D eigenvalue weighted by atomic mass is 16.6. The van der Waals surface area contributed by atoms with Gasteiger partial charge in [-0.1, -0.05) is 18.2 Å². The van der Waals surface area contributed by atoms with Gasteiger partial charge in [0.25, 0.3) is 0 Å². The first-order valence-corrected chi connectivity index (χ1v) is 7.52. The van der Waals surface area contributed by atoms with Crippen LogP contribution in [0.15, 0.2) is 51.7 Å². The average Bonchev–Trinajstić information content (AvgIpc) is 2.61. The largest absolute Gasteiger partial charge is 0.493 e. The van der Waals surface area contributed by atoms with Crippen LogP contribution in [0.3, 0.4) is 0 Å². The van der Waals surface area contributed by atoms with E-state index in [1.54, 1.807) is 42.5 Å². The van der Waals surface area contributed by atoms with Crippen LogP contribution in [0.4, 0.5) is 0 Å². The van der Waals surface area contributed by atoms with Gasteiger partial charge in [-0.15, -0.1) is 0 Å². The Hall–Kier alpha value is -3.28. The molecule has 3 aromatic rings. The molecule has 0 bridgehead atoms. The number of hydrogen-bond acceptors (Lipinski definition) is 6. The molecule has 0 fully saturated rings. The van der Waals surface area contributed by atoms with Crippen LogP contribution in [0, 0.1) is 0 Å². The van der Waals surface area contributed by atoms with Crippen molar-refractivity contribution >= 4 is 16.9 Å². The first-order chi connectivity index (χ1) is 12.1. The fourth-order valence-electron chi connectivity index (χ4n) is 2.59. The third-order valence-electron chi connectivity index (χ3n) is 3.65. The number of methoxy groups -OCH3 is 2. The van der Waals surface area contributed by atoms with E-state index in [0.29, 0.717) is 22.3 Å².